The smallest absolute Gasteiger partial charge is 0.137 e. The molecule has 0 aromatic heterocycles. The van der Waals surface area contributed by atoms with Crippen LogP contribution in [0.5, 0.6) is 0 Å². The lowest BCUT2D eigenvalue weighted by atomic mass is 9.89. The Balaban J connectivity index is 1.92. The van der Waals surface area contributed by atoms with E-state index in [2.05, 4.69) is 12.1 Å². The second kappa shape index (κ2) is 7.01. The Morgan fingerprint density at radius 1 is 1.00 bits per heavy atom. The van der Waals surface area contributed by atoms with E-state index in [4.69, 9.17) is 5.73 Å². The summed E-state index contributed by atoms with van der Waals surface area (Å²) in [6.07, 6.45) is 1.33. The molecule has 0 radical (unpaired) electrons. The average molecular weight is 267 g/mol. The summed E-state index contributed by atoms with van der Waals surface area (Å²) in [6.45, 7) is 1.92. The molecule has 20 heavy (non-hydrogen) atoms. The van der Waals surface area contributed by atoms with Gasteiger partial charge >= 0.3 is 0 Å². The molecule has 0 spiro atoms. The van der Waals surface area contributed by atoms with Gasteiger partial charge in [-0.05, 0) is 17.5 Å². The summed E-state index contributed by atoms with van der Waals surface area (Å²) in [6, 6.07) is 19.7. The predicted molar refractivity (Wildman–Crippen MR) is 82.3 cm³/mol. The van der Waals surface area contributed by atoms with Crippen molar-refractivity contribution in [3.8, 4) is 0 Å². The highest BCUT2D eigenvalue weighted by atomic mass is 16.1. The molecule has 2 rings (SSSR count). The quantitative estimate of drug-likeness (QED) is 0.870. The van der Waals surface area contributed by atoms with Gasteiger partial charge in [0.05, 0.1) is 0 Å². The Hall–Kier alpha value is -1.93. The molecular weight excluding hydrogens is 246 g/mol. The van der Waals surface area contributed by atoms with Crippen molar-refractivity contribution in [2.24, 2.45) is 11.7 Å². The van der Waals surface area contributed by atoms with Gasteiger partial charge in [0, 0.05) is 18.4 Å². The fourth-order valence-electron chi connectivity index (χ4n) is 2.30. The highest BCUT2D eigenvalue weighted by Gasteiger charge is 2.21. The summed E-state index contributed by atoms with van der Waals surface area (Å²) >= 11 is 0. The van der Waals surface area contributed by atoms with Gasteiger partial charge in [-0.1, -0.05) is 67.6 Å². The lowest BCUT2D eigenvalue weighted by Gasteiger charge is -2.19. The van der Waals surface area contributed by atoms with Gasteiger partial charge in [-0.15, -0.1) is 0 Å². The van der Waals surface area contributed by atoms with Crippen molar-refractivity contribution in [2.75, 3.05) is 0 Å². The number of hydrogen-bond acceptors (Lipinski definition) is 2. The van der Waals surface area contributed by atoms with Gasteiger partial charge in [0.25, 0.3) is 0 Å². The van der Waals surface area contributed by atoms with E-state index in [1.54, 1.807) is 0 Å². The summed E-state index contributed by atoms with van der Waals surface area (Å²) in [7, 11) is 0. The van der Waals surface area contributed by atoms with E-state index in [0.29, 0.717) is 6.42 Å². The third-order valence-corrected chi connectivity index (χ3v) is 3.73. The van der Waals surface area contributed by atoms with Crippen LogP contribution in [0.2, 0.25) is 0 Å². The Bertz CT molecular complexity index is 536. The molecular formula is C18H21NO. The number of rotatable bonds is 6. The van der Waals surface area contributed by atoms with Crippen LogP contribution in [0.1, 0.15) is 30.5 Å². The molecule has 2 heteroatoms. The molecule has 0 saturated heterocycles. The van der Waals surface area contributed by atoms with E-state index in [-0.39, 0.29) is 17.7 Å². The van der Waals surface area contributed by atoms with Crippen LogP contribution in [-0.4, -0.2) is 5.78 Å². The highest BCUT2D eigenvalue weighted by molar-refractivity contribution is 5.81. The third-order valence-electron chi connectivity index (χ3n) is 3.73. The SMILES string of the molecule is CC(C(=O)CCc1ccccc1)C(N)c1ccccc1. The molecule has 2 aromatic rings. The largest absolute Gasteiger partial charge is 0.323 e. The topological polar surface area (TPSA) is 43.1 Å². The average Bonchev–Trinajstić information content (AvgIpc) is 2.53. The number of carbonyl (C=O) groups is 1. The van der Waals surface area contributed by atoms with Crippen LogP contribution in [0.4, 0.5) is 0 Å². The van der Waals surface area contributed by atoms with Crippen LogP contribution >= 0.6 is 0 Å². The number of Topliss-reactive ketones (excluding diaryl/α,β-unsaturated/α-hetero) is 1. The molecule has 2 nitrogen and oxygen atoms in total. The van der Waals surface area contributed by atoms with Gasteiger partial charge in [0.2, 0.25) is 0 Å². The van der Waals surface area contributed by atoms with Crippen LogP contribution in [0.3, 0.4) is 0 Å². The number of ketones is 1. The summed E-state index contributed by atoms with van der Waals surface area (Å²) in [5.41, 5.74) is 8.40. The standard InChI is InChI=1S/C18H21NO/c1-14(18(19)16-10-6-3-7-11-16)17(20)13-12-15-8-4-2-5-9-15/h2-11,14,18H,12-13,19H2,1H3. The Labute approximate surface area is 120 Å². The second-order valence-corrected chi connectivity index (χ2v) is 5.18. The Morgan fingerprint density at radius 2 is 1.55 bits per heavy atom. The van der Waals surface area contributed by atoms with Crippen molar-refractivity contribution in [3.63, 3.8) is 0 Å². The molecule has 0 amide bonds. The van der Waals surface area contributed by atoms with E-state index < -0.39 is 0 Å². The molecule has 0 bridgehead atoms. The summed E-state index contributed by atoms with van der Waals surface area (Å²) in [5.74, 6) is 0.0753. The normalized spacial score (nSPS) is 13.7. The maximum Gasteiger partial charge on any atom is 0.137 e. The lowest BCUT2D eigenvalue weighted by molar-refractivity contribution is -0.123. The predicted octanol–water partition coefficient (Wildman–Crippen LogP) is 3.52. The van der Waals surface area contributed by atoms with E-state index in [1.807, 2.05) is 55.5 Å². The van der Waals surface area contributed by atoms with Gasteiger partial charge in [-0.3, -0.25) is 4.79 Å². The molecule has 0 aliphatic carbocycles. The third kappa shape index (κ3) is 3.78. The number of nitrogens with two attached hydrogens (primary N) is 1. The van der Waals surface area contributed by atoms with Crippen LogP contribution in [0.25, 0.3) is 0 Å². The zero-order valence-electron chi connectivity index (χ0n) is 11.8. The number of hydrogen-bond donors (Lipinski definition) is 1. The van der Waals surface area contributed by atoms with Crippen LogP contribution in [-0.2, 0) is 11.2 Å². The molecule has 0 heterocycles. The summed E-state index contributed by atoms with van der Waals surface area (Å²) in [5, 5.41) is 0. The van der Waals surface area contributed by atoms with Crippen molar-refractivity contribution >= 4 is 5.78 Å². The molecule has 2 atom stereocenters. The number of aryl methyl sites for hydroxylation is 1. The molecule has 2 unspecified atom stereocenters. The van der Waals surface area contributed by atoms with E-state index in [1.165, 1.54) is 5.56 Å². The molecule has 0 fully saturated rings. The van der Waals surface area contributed by atoms with Crippen molar-refractivity contribution in [2.45, 2.75) is 25.8 Å². The Morgan fingerprint density at radius 3 is 2.15 bits per heavy atom. The molecule has 0 saturated carbocycles. The second-order valence-electron chi connectivity index (χ2n) is 5.18. The van der Waals surface area contributed by atoms with Gasteiger partial charge in [-0.25, -0.2) is 0 Å². The summed E-state index contributed by atoms with van der Waals surface area (Å²) in [4.78, 5) is 12.3. The molecule has 2 aromatic carbocycles. The molecule has 104 valence electrons. The van der Waals surface area contributed by atoms with Crippen molar-refractivity contribution in [1.82, 2.24) is 0 Å². The molecule has 2 N–H and O–H groups in total. The fraction of sp³-hybridized carbons (Fsp3) is 0.278. The minimum atomic E-state index is -0.223. The zero-order valence-corrected chi connectivity index (χ0v) is 11.8. The number of benzene rings is 2. The van der Waals surface area contributed by atoms with Crippen molar-refractivity contribution < 1.29 is 4.79 Å². The lowest BCUT2D eigenvalue weighted by Crippen LogP contribution is -2.26. The maximum absolute atomic E-state index is 12.3. The summed E-state index contributed by atoms with van der Waals surface area (Å²) < 4.78 is 0. The van der Waals surface area contributed by atoms with Crippen molar-refractivity contribution in [3.05, 3.63) is 71.8 Å². The fourth-order valence-corrected chi connectivity index (χ4v) is 2.30. The zero-order chi connectivity index (χ0) is 14.4. The molecule has 0 aliphatic heterocycles. The van der Waals surface area contributed by atoms with E-state index in [9.17, 15) is 4.79 Å². The van der Waals surface area contributed by atoms with Gasteiger partial charge in [0.1, 0.15) is 5.78 Å². The minimum Gasteiger partial charge on any atom is -0.323 e. The first-order valence-corrected chi connectivity index (χ1v) is 7.05. The number of carbonyl (C=O) groups excluding carboxylic acids is 1. The van der Waals surface area contributed by atoms with Gasteiger partial charge in [0.15, 0.2) is 0 Å². The van der Waals surface area contributed by atoms with Gasteiger partial charge in [-0.2, -0.15) is 0 Å². The first-order chi connectivity index (χ1) is 9.68. The highest BCUT2D eigenvalue weighted by Crippen LogP contribution is 2.21. The minimum absolute atomic E-state index is 0.152. The van der Waals surface area contributed by atoms with Crippen molar-refractivity contribution in [1.29, 1.82) is 0 Å². The first kappa shape index (κ1) is 14.5. The van der Waals surface area contributed by atoms with E-state index in [0.717, 1.165) is 12.0 Å². The van der Waals surface area contributed by atoms with Crippen LogP contribution in [0, 0.1) is 5.92 Å². The maximum atomic E-state index is 12.3. The first-order valence-electron chi connectivity index (χ1n) is 7.05. The van der Waals surface area contributed by atoms with Crippen LogP contribution < -0.4 is 5.73 Å². The van der Waals surface area contributed by atoms with Crippen LogP contribution in [0.15, 0.2) is 60.7 Å². The van der Waals surface area contributed by atoms with Gasteiger partial charge < -0.3 is 5.73 Å². The Kier molecular flexibility index (Phi) is 5.08. The molecule has 0 aliphatic rings. The monoisotopic (exact) mass is 267 g/mol. The van der Waals surface area contributed by atoms with E-state index >= 15 is 0 Å².